The fraction of sp³-hybridized carbons (Fsp3) is 0.304. The van der Waals surface area contributed by atoms with Crippen molar-refractivity contribution in [2.24, 2.45) is 0 Å². The molecule has 29 heavy (non-hydrogen) atoms. The van der Waals surface area contributed by atoms with E-state index in [4.69, 9.17) is 0 Å². The lowest BCUT2D eigenvalue weighted by Gasteiger charge is -2.36. The highest BCUT2D eigenvalue weighted by Crippen LogP contribution is 2.24. The molecule has 150 valence electrons. The molecule has 1 aromatic heterocycles. The SMILES string of the molecule is CCn1c(C(=O)N2CCN(c3ccc(C(C)=O)cc3F)CC2)cc2ccccc21. The zero-order valence-corrected chi connectivity index (χ0v) is 16.7. The number of hydrogen-bond acceptors (Lipinski definition) is 3. The zero-order chi connectivity index (χ0) is 20.5. The number of halogens is 1. The Labute approximate surface area is 169 Å². The largest absolute Gasteiger partial charge is 0.366 e. The van der Waals surface area contributed by atoms with Gasteiger partial charge in [-0.2, -0.15) is 0 Å². The van der Waals surface area contributed by atoms with Crippen molar-refractivity contribution in [2.45, 2.75) is 20.4 Å². The van der Waals surface area contributed by atoms with Gasteiger partial charge in [0.2, 0.25) is 0 Å². The minimum Gasteiger partial charge on any atom is -0.366 e. The number of aromatic nitrogens is 1. The Balaban J connectivity index is 1.50. The molecule has 0 saturated carbocycles. The van der Waals surface area contributed by atoms with Gasteiger partial charge in [-0.05, 0) is 44.2 Å². The van der Waals surface area contributed by atoms with Crippen molar-refractivity contribution in [1.82, 2.24) is 9.47 Å². The maximum absolute atomic E-state index is 14.5. The number of carbonyl (C=O) groups is 2. The van der Waals surface area contributed by atoms with Gasteiger partial charge in [-0.15, -0.1) is 0 Å². The summed E-state index contributed by atoms with van der Waals surface area (Å²) in [5, 5.41) is 1.06. The van der Waals surface area contributed by atoms with E-state index >= 15 is 0 Å². The van der Waals surface area contributed by atoms with Crippen LogP contribution in [0.2, 0.25) is 0 Å². The van der Waals surface area contributed by atoms with E-state index in [0.717, 1.165) is 17.4 Å². The number of benzene rings is 2. The van der Waals surface area contributed by atoms with Crippen LogP contribution < -0.4 is 4.90 Å². The molecule has 0 spiro atoms. The number of Topliss-reactive ketones (excluding diaryl/α,β-unsaturated/α-hetero) is 1. The lowest BCUT2D eigenvalue weighted by atomic mass is 10.1. The van der Waals surface area contributed by atoms with Crippen molar-refractivity contribution in [3.05, 3.63) is 65.6 Å². The molecule has 6 heteroatoms. The van der Waals surface area contributed by atoms with Crippen molar-refractivity contribution < 1.29 is 14.0 Å². The van der Waals surface area contributed by atoms with Gasteiger partial charge in [0, 0.05) is 49.2 Å². The second-order valence-corrected chi connectivity index (χ2v) is 7.33. The predicted molar refractivity (Wildman–Crippen MR) is 112 cm³/mol. The van der Waals surface area contributed by atoms with Gasteiger partial charge < -0.3 is 14.4 Å². The van der Waals surface area contributed by atoms with E-state index in [1.807, 2.05) is 51.6 Å². The van der Waals surface area contributed by atoms with E-state index in [-0.39, 0.29) is 11.7 Å². The maximum Gasteiger partial charge on any atom is 0.270 e. The standard InChI is InChI=1S/C23H24FN3O2/c1-3-27-20-7-5-4-6-18(20)15-22(27)23(29)26-12-10-25(11-13-26)21-9-8-17(16(2)28)14-19(21)24/h4-9,14-15H,3,10-13H2,1-2H3. The van der Waals surface area contributed by atoms with E-state index in [1.165, 1.54) is 13.0 Å². The quantitative estimate of drug-likeness (QED) is 0.630. The third kappa shape index (κ3) is 3.50. The summed E-state index contributed by atoms with van der Waals surface area (Å²) in [5.41, 5.74) is 2.60. The molecule has 1 fully saturated rings. The van der Waals surface area contributed by atoms with Gasteiger partial charge in [0.1, 0.15) is 11.5 Å². The number of para-hydroxylation sites is 1. The molecule has 0 atom stereocenters. The molecular weight excluding hydrogens is 369 g/mol. The number of nitrogens with zero attached hydrogens (tertiary/aromatic N) is 3. The molecule has 1 amide bonds. The summed E-state index contributed by atoms with van der Waals surface area (Å²) in [7, 11) is 0. The number of rotatable bonds is 4. The fourth-order valence-corrected chi connectivity index (χ4v) is 4.02. The minimum absolute atomic E-state index is 0.00935. The Bertz CT molecular complexity index is 1080. The smallest absolute Gasteiger partial charge is 0.270 e. The molecule has 1 aliphatic rings. The number of aryl methyl sites for hydroxylation is 1. The Kier molecular flexibility index (Phi) is 5.09. The Morgan fingerprint density at radius 3 is 2.38 bits per heavy atom. The monoisotopic (exact) mass is 393 g/mol. The summed E-state index contributed by atoms with van der Waals surface area (Å²) in [6.07, 6.45) is 0. The van der Waals surface area contributed by atoms with E-state index < -0.39 is 5.82 Å². The molecule has 3 aromatic rings. The van der Waals surface area contributed by atoms with Crippen LogP contribution in [-0.2, 0) is 6.54 Å². The lowest BCUT2D eigenvalue weighted by Crippen LogP contribution is -2.49. The third-order valence-corrected chi connectivity index (χ3v) is 5.61. The molecule has 2 heterocycles. The van der Waals surface area contributed by atoms with Crippen LogP contribution >= 0.6 is 0 Å². The first-order valence-electron chi connectivity index (χ1n) is 9.92. The molecule has 2 aromatic carbocycles. The van der Waals surface area contributed by atoms with Crippen LogP contribution in [0.4, 0.5) is 10.1 Å². The molecule has 0 N–H and O–H groups in total. The number of carbonyl (C=O) groups excluding carboxylic acids is 2. The number of piperazine rings is 1. The molecule has 0 bridgehead atoms. The van der Waals surface area contributed by atoms with E-state index in [2.05, 4.69) is 0 Å². The maximum atomic E-state index is 14.5. The predicted octanol–water partition coefficient (Wildman–Crippen LogP) is 3.97. The zero-order valence-electron chi connectivity index (χ0n) is 16.7. The Morgan fingerprint density at radius 2 is 1.72 bits per heavy atom. The Hall–Kier alpha value is -3.15. The van der Waals surface area contributed by atoms with Crippen LogP contribution in [0.25, 0.3) is 10.9 Å². The average Bonchev–Trinajstić information content (AvgIpc) is 3.12. The normalized spacial score (nSPS) is 14.4. The second kappa shape index (κ2) is 7.70. The Morgan fingerprint density at radius 1 is 1.00 bits per heavy atom. The van der Waals surface area contributed by atoms with E-state index in [0.29, 0.717) is 43.1 Å². The summed E-state index contributed by atoms with van der Waals surface area (Å²) in [5.74, 6) is -0.545. The summed E-state index contributed by atoms with van der Waals surface area (Å²) in [6.45, 7) is 6.34. The molecule has 5 nitrogen and oxygen atoms in total. The lowest BCUT2D eigenvalue weighted by molar-refractivity contribution is 0.0736. The number of hydrogen-bond donors (Lipinski definition) is 0. The summed E-state index contributed by atoms with van der Waals surface area (Å²) in [4.78, 5) is 28.3. The van der Waals surface area contributed by atoms with Crippen LogP contribution in [0, 0.1) is 5.82 Å². The molecule has 1 aliphatic heterocycles. The highest BCUT2D eigenvalue weighted by molar-refractivity contribution is 5.99. The third-order valence-electron chi connectivity index (χ3n) is 5.61. The number of ketones is 1. The fourth-order valence-electron chi connectivity index (χ4n) is 4.02. The summed E-state index contributed by atoms with van der Waals surface area (Å²) < 4.78 is 16.5. The van der Waals surface area contributed by atoms with Crippen LogP contribution in [0.3, 0.4) is 0 Å². The van der Waals surface area contributed by atoms with Crippen LogP contribution in [0.1, 0.15) is 34.7 Å². The van der Waals surface area contributed by atoms with Gasteiger partial charge in [0.05, 0.1) is 5.69 Å². The molecule has 1 saturated heterocycles. The van der Waals surface area contributed by atoms with Gasteiger partial charge in [-0.25, -0.2) is 4.39 Å². The topological polar surface area (TPSA) is 45.6 Å². The first-order valence-corrected chi connectivity index (χ1v) is 9.92. The van der Waals surface area contributed by atoms with Gasteiger partial charge >= 0.3 is 0 Å². The molecule has 0 aliphatic carbocycles. The number of anilines is 1. The van der Waals surface area contributed by atoms with E-state index in [1.54, 1.807) is 12.1 Å². The van der Waals surface area contributed by atoms with Crippen LogP contribution in [-0.4, -0.2) is 47.3 Å². The first kappa shape index (κ1) is 19.2. The molecule has 0 radical (unpaired) electrons. The van der Waals surface area contributed by atoms with Gasteiger partial charge in [0.15, 0.2) is 5.78 Å². The van der Waals surface area contributed by atoms with E-state index in [9.17, 15) is 14.0 Å². The average molecular weight is 393 g/mol. The van der Waals surface area contributed by atoms with Gasteiger partial charge in [-0.1, -0.05) is 18.2 Å². The molecule has 4 rings (SSSR count). The van der Waals surface area contributed by atoms with Crippen molar-refractivity contribution >= 4 is 28.3 Å². The van der Waals surface area contributed by atoms with Crippen molar-refractivity contribution in [3.8, 4) is 0 Å². The summed E-state index contributed by atoms with van der Waals surface area (Å²) >= 11 is 0. The van der Waals surface area contributed by atoms with Crippen LogP contribution in [0.5, 0.6) is 0 Å². The molecule has 0 unspecified atom stereocenters. The number of amides is 1. The highest BCUT2D eigenvalue weighted by atomic mass is 19.1. The summed E-state index contributed by atoms with van der Waals surface area (Å²) in [6, 6.07) is 14.5. The van der Waals surface area contributed by atoms with Crippen LogP contribution in [0.15, 0.2) is 48.5 Å². The first-order chi connectivity index (χ1) is 14.0. The van der Waals surface area contributed by atoms with Gasteiger partial charge in [0.25, 0.3) is 5.91 Å². The minimum atomic E-state index is -0.399. The van der Waals surface area contributed by atoms with Gasteiger partial charge in [-0.3, -0.25) is 9.59 Å². The van der Waals surface area contributed by atoms with Crippen molar-refractivity contribution in [1.29, 1.82) is 0 Å². The second-order valence-electron chi connectivity index (χ2n) is 7.33. The number of fused-ring (bicyclic) bond motifs is 1. The highest BCUT2D eigenvalue weighted by Gasteiger charge is 2.26. The van der Waals surface area contributed by atoms with Crippen molar-refractivity contribution in [3.63, 3.8) is 0 Å². The molecular formula is C23H24FN3O2. The van der Waals surface area contributed by atoms with Crippen molar-refractivity contribution in [2.75, 3.05) is 31.1 Å².